The fourth-order valence-electron chi connectivity index (χ4n) is 3.08. The minimum atomic E-state index is 0.115. The van der Waals surface area contributed by atoms with Gasteiger partial charge in [0.05, 0.1) is 23.8 Å². The van der Waals surface area contributed by atoms with E-state index < -0.39 is 0 Å². The summed E-state index contributed by atoms with van der Waals surface area (Å²) in [5.74, 6) is 0.933. The number of thiazole rings is 1. The van der Waals surface area contributed by atoms with Gasteiger partial charge in [0.15, 0.2) is 5.96 Å². The molecule has 7 heteroatoms. The van der Waals surface area contributed by atoms with E-state index in [1.54, 1.807) is 11.3 Å². The molecule has 140 valence electrons. The molecule has 1 aromatic heterocycles. The maximum absolute atomic E-state index is 12.1. The van der Waals surface area contributed by atoms with Gasteiger partial charge in [-0.15, -0.1) is 11.3 Å². The number of nitrogens with zero attached hydrogens (tertiary/aromatic N) is 3. The Hall–Kier alpha value is -1.63. The molecule has 0 aliphatic heterocycles. The van der Waals surface area contributed by atoms with Crippen LogP contribution in [0.5, 0.6) is 0 Å². The number of aliphatic imine (C=N–C) groups is 1. The van der Waals surface area contributed by atoms with E-state index in [4.69, 9.17) is 0 Å². The van der Waals surface area contributed by atoms with E-state index in [1.807, 2.05) is 20.9 Å². The molecule has 0 atom stereocenters. The number of hydrogen-bond acceptors (Lipinski definition) is 4. The van der Waals surface area contributed by atoms with Crippen LogP contribution in [0.15, 0.2) is 10.4 Å². The zero-order valence-corrected chi connectivity index (χ0v) is 16.5. The number of nitrogens with one attached hydrogen (secondary N) is 2. The third-order valence-electron chi connectivity index (χ3n) is 4.33. The number of hydrogen-bond donors (Lipinski definition) is 2. The Balaban J connectivity index is 1.80. The second-order valence-electron chi connectivity index (χ2n) is 6.60. The molecule has 25 heavy (non-hydrogen) atoms. The Bertz CT molecular complexity index is 566. The van der Waals surface area contributed by atoms with E-state index in [-0.39, 0.29) is 5.91 Å². The van der Waals surface area contributed by atoms with E-state index >= 15 is 0 Å². The smallest absolute Gasteiger partial charge is 0.222 e. The molecule has 0 saturated heterocycles. The molecule has 0 aromatic carbocycles. The quantitative estimate of drug-likeness (QED) is 0.576. The van der Waals surface area contributed by atoms with Gasteiger partial charge in [0.25, 0.3) is 0 Å². The van der Waals surface area contributed by atoms with E-state index in [1.165, 1.54) is 19.3 Å². The molecule has 0 unspecified atom stereocenters. The van der Waals surface area contributed by atoms with Gasteiger partial charge in [-0.3, -0.25) is 9.79 Å². The van der Waals surface area contributed by atoms with Crippen molar-refractivity contribution < 1.29 is 4.79 Å². The van der Waals surface area contributed by atoms with Gasteiger partial charge < -0.3 is 15.5 Å². The Morgan fingerprint density at radius 2 is 2.16 bits per heavy atom. The van der Waals surface area contributed by atoms with Gasteiger partial charge in [-0.25, -0.2) is 4.98 Å². The summed E-state index contributed by atoms with van der Waals surface area (Å²) in [6.07, 6.45) is 6.44. The van der Waals surface area contributed by atoms with Gasteiger partial charge in [-0.05, 0) is 26.7 Å². The predicted octanol–water partition coefficient (Wildman–Crippen LogP) is 2.69. The lowest BCUT2D eigenvalue weighted by Gasteiger charge is -2.23. The first-order valence-electron chi connectivity index (χ1n) is 9.28. The predicted molar refractivity (Wildman–Crippen MR) is 104 cm³/mol. The number of guanidine groups is 1. The second kappa shape index (κ2) is 10.4. The van der Waals surface area contributed by atoms with Crippen LogP contribution in [-0.2, 0) is 11.3 Å². The van der Waals surface area contributed by atoms with Crippen LogP contribution >= 0.6 is 11.3 Å². The average Bonchev–Trinajstić information content (AvgIpc) is 2.99. The molecule has 1 aromatic rings. The molecule has 0 radical (unpaired) electrons. The van der Waals surface area contributed by atoms with E-state index in [0.717, 1.165) is 36.0 Å². The zero-order valence-electron chi connectivity index (χ0n) is 15.7. The van der Waals surface area contributed by atoms with Gasteiger partial charge in [0.1, 0.15) is 0 Å². The van der Waals surface area contributed by atoms with Crippen LogP contribution in [0.2, 0.25) is 0 Å². The lowest BCUT2D eigenvalue weighted by atomic mass is 9.95. The van der Waals surface area contributed by atoms with Crippen molar-refractivity contribution in [3.8, 4) is 0 Å². The molecule has 1 aliphatic rings. The Morgan fingerprint density at radius 3 is 2.80 bits per heavy atom. The first-order valence-corrected chi connectivity index (χ1v) is 10.2. The number of rotatable bonds is 7. The van der Waals surface area contributed by atoms with Crippen LogP contribution < -0.4 is 10.6 Å². The topological polar surface area (TPSA) is 69.6 Å². The zero-order chi connectivity index (χ0) is 18.1. The molecule has 1 heterocycles. The van der Waals surface area contributed by atoms with Crippen molar-refractivity contribution in [1.29, 1.82) is 0 Å². The van der Waals surface area contributed by atoms with Crippen LogP contribution in [0.3, 0.4) is 0 Å². The van der Waals surface area contributed by atoms with Gasteiger partial charge in [-0.1, -0.05) is 19.3 Å². The van der Waals surface area contributed by atoms with Crippen LogP contribution in [0.25, 0.3) is 0 Å². The molecule has 1 saturated carbocycles. The fraction of sp³-hybridized carbons (Fsp3) is 0.722. The summed E-state index contributed by atoms with van der Waals surface area (Å²) in [5.41, 5.74) is 1.05. The summed E-state index contributed by atoms with van der Waals surface area (Å²) in [5, 5.41) is 9.58. The third-order valence-corrected chi connectivity index (χ3v) is 5.16. The molecule has 6 nitrogen and oxygen atoms in total. The molecular weight excluding hydrogens is 334 g/mol. The number of amides is 1. The number of carbonyl (C=O) groups excluding carboxylic acids is 1. The molecule has 2 N–H and O–H groups in total. The molecule has 2 rings (SSSR count). The first-order chi connectivity index (χ1) is 12.1. The summed E-state index contributed by atoms with van der Waals surface area (Å²) in [6, 6.07) is 0.369. The molecular formula is C18H31N5OS. The van der Waals surface area contributed by atoms with Crippen molar-refractivity contribution in [2.75, 3.05) is 20.1 Å². The van der Waals surface area contributed by atoms with Crippen molar-refractivity contribution in [2.45, 2.75) is 65.0 Å². The summed E-state index contributed by atoms with van der Waals surface area (Å²) in [7, 11) is 2.00. The third kappa shape index (κ3) is 7.02. The molecule has 1 fully saturated rings. The van der Waals surface area contributed by atoms with Crippen molar-refractivity contribution in [3.05, 3.63) is 16.1 Å². The van der Waals surface area contributed by atoms with Crippen LogP contribution in [0.4, 0.5) is 0 Å². The lowest BCUT2D eigenvalue weighted by Crippen LogP contribution is -2.39. The Morgan fingerprint density at radius 1 is 1.40 bits per heavy atom. The lowest BCUT2D eigenvalue weighted by molar-refractivity contribution is -0.121. The number of aromatic nitrogens is 1. The summed E-state index contributed by atoms with van der Waals surface area (Å²) >= 11 is 1.66. The van der Waals surface area contributed by atoms with Crippen LogP contribution in [0.1, 0.15) is 56.2 Å². The van der Waals surface area contributed by atoms with Crippen molar-refractivity contribution in [3.63, 3.8) is 0 Å². The molecule has 0 bridgehead atoms. The van der Waals surface area contributed by atoms with E-state index in [0.29, 0.717) is 25.6 Å². The maximum atomic E-state index is 12.1. The number of aryl methyl sites for hydroxylation is 1. The van der Waals surface area contributed by atoms with Crippen molar-refractivity contribution in [2.24, 2.45) is 4.99 Å². The second-order valence-corrected chi connectivity index (χ2v) is 7.66. The van der Waals surface area contributed by atoms with E-state index in [2.05, 4.69) is 30.9 Å². The highest BCUT2D eigenvalue weighted by atomic mass is 32.1. The first kappa shape index (κ1) is 19.7. The molecule has 0 spiro atoms. The standard InChI is InChI=1S/C18H31N5OS/c1-4-19-18(23(3)12-16-13-25-14(2)21-16)20-11-10-17(24)22-15-8-6-5-7-9-15/h13,15H,4-12H2,1-3H3,(H,19,20)(H,22,24). The molecule has 1 aliphatic carbocycles. The highest BCUT2D eigenvalue weighted by molar-refractivity contribution is 7.09. The van der Waals surface area contributed by atoms with Gasteiger partial charge in [-0.2, -0.15) is 0 Å². The minimum absolute atomic E-state index is 0.115. The monoisotopic (exact) mass is 365 g/mol. The number of carbonyl (C=O) groups is 1. The maximum Gasteiger partial charge on any atom is 0.222 e. The summed E-state index contributed by atoms with van der Waals surface area (Å²) in [6.45, 7) is 6.07. The normalized spacial score (nSPS) is 15.9. The minimum Gasteiger partial charge on any atom is -0.357 e. The highest BCUT2D eigenvalue weighted by Gasteiger charge is 2.15. The van der Waals surface area contributed by atoms with Crippen LogP contribution in [-0.4, -0.2) is 47.9 Å². The molecule has 1 amide bonds. The largest absolute Gasteiger partial charge is 0.357 e. The van der Waals surface area contributed by atoms with Crippen LogP contribution in [0, 0.1) is 6.92 Å². The SMILES string of the molecule is CCNC(=NCCC(=O)NC1CCCCC1)N(C)Cc1csc(C)n1. The highest BCUT2D eigenvalue weighted by Crippen LogP contribution is 2.17. The summed E-state index contributed by atoms with van der Waals surface area (Å²) in [4.78, 5) is 23.2. The van der Waals surface area contributed by atoms with E-state index in [9.17, 15) is 4.79 Å². The van der Waals surface area contributed by atoms with Crippen molar-refractivity contribution in [1.82, 2.24) is 20.5 Å². The van der Waals surface area contributed by atoms with Gasteiger partial charge in [0, 0.05) is 31.4 Å². The van der Waals surface area contributed by atoms with Crippen molar-refractivity contribution >= 4 is 23.2 Å². The summed E-state index contributed by atoms with van der Waals surface area (Å²) < 4.78 is 0. The van der Waals surface area contributed by atoms with Gasteiger partial charge in [0.2, 0.25) is 5.91 Å². The Labute approximate surface area is 155 Å². The average molecular weight is 366 g/mol. The fourth-order valence-corrected chi connectivity index (χ4v) is 3.68. The Kier molecular flexibility index (Phi) is 8.18. The van der Waals surface area contributed by atoms with Gasteiger partial charge >= 0.3 is 0 Å².